The summed E-state index contributed by atoms with van der Waals surface area (Å²) in [6, 6.07) is 0. The second kappa shape index (κ2) is 3.18. The molecule has 0 bridgehead atoms. The van der Waals surface area contributed by atoms with E-state index in [0.717, 1.165) is 6.73 Å². The Bertz CT molecular complexity index is 79.0. The van der Waals surface area contributed by atoms with E-state index >= 15 is 0 Å². The topological polar surface area (TPSA) is 12.5 Å². The van der Waals surface area contributed by atoms with Crippen molar-refractivity contribution >= 4 is 0 Å². The minimum atomic E-state index is 0.380. The molecule has 0 amide bonds. The Kier molecular flexibility index (Phi) is 2.49. The molecule has 0 unspecified atom stereocenters. The SMILES string of the molecule is CC(C)OCN1CCC1. The molecule has 9 heavy (non-hydrogen) atoms. The van der Waals surface area contributed by atoms with Gasteiger partial charge >= 0.3 is 0 Å². The lowest BCUT2D eigenvalue weighted by atomic mass is 10.2. The summed E-state index contributed by atoms with van der Waals surface area (Å²) in [7, 11) is 0. The van der Waals surface area contributed by atoms with Crippen molar-refractivity contribution in [2.24, 2.45) is 0 Å². The van der Waals surface area contributed by atoms with Crippen LogP contribution in [0.5, 0.6) is 0 Å². The molecule has 0 aromatic heterocycles. The molecule has 0 aromatic rings. The number of ether oxygens (including phenoxy) is 1. The predicted octanol–water partition coefficient (Wildman–Crippen LogP) is 1.07. The summed E-state index contributed by atoms with van der Waals surface area (Å²) < 4.78 is 5.37. The molecule has 2 heteroatoms. The Morgan fingerprint density at radius 3 is 2.44 bits per heavy atom. The zero-order chi connectivity index (χ0) is 6.69. The zero-order valence-corrected chi connectivity index (χ0v) is 6.26. The van der Waals surface area contributed by atoms with Gasteiger partial charge in [-0.15, -0.1) is 0 Å². The minimum absolute atomic E-state index is 0.380. The molecule has 0 N–H and O–H groups in total. The Morgan fingerprint density at radius 2 is 2.11 bits per heavy atom. The molecule has 0 atom stereocenters. The lowest BCUT2D eigenvalue weighted by molar-refractivity contribution is -0.0315. The average Bonchev–Trinajstić information content (AvgIpc) is 1.60. The van der Waals surface area contributed by atoms with Gasteiger partial charge in [0.2, 0.25) is 0 Å². The molecule has 1 fully saturated rings. The van der Waals surface area contributed by atoms with Gasteiger partial charge in [-0.1, -0.05) is 0 Å². The monoisotopic (exact) mass is 129 g/mol. The molecule has 0 spiro atoms. The lowest BCUT2D eigenvalue weighted by Gasteiger charge is -2.30. The summed E-state index contributed by atoms with van der Waals surface area (Å²) >= 11 is 0. The first-order valence-corrected chi connectivity index (χ1v) is 3.63. The second-order valence-electron chi connectivity index (χ2n) is 2.82. The van der Waals surface area contributed by atoms with E-state index in [9.17, 15) is 0 Å². The van der Waals surface area contributed by atoms with Crippen molar-refractivity contribution in [1.29, 1.82) is 0 Å². The van der Waals surface area contributed by atoms with Crippen molar-refractivity contribution in [3.63, 3.8) is 0 Å². The highest BCUT2D eigenvalue weighted by atomic mass is 16.5. The molecule has 0 saturated carbocycles. The third kappa shape index (κ3) is 2.33. The fourth-order valence-corrected chi connectivity index (χ4v) is 0.765. The van der Waals surface area contributed by atoms with Crippen molar-refractivity contribution in [2.75, 3.05) is 19.8 Å². The third-order valence-corrected chi connectivity index (χ3v) is 1.54. The molecule has 1 aliphatic rings. The highest BCUT2D eigenvalue weighted by Crippen LogP contribution is 2.05. The van der Waals surface area contributed by atoms with Crippen molar-refractivity contribution in [3.8, 4) is 0 Å². The van der Waals surface area contributed by atoms with Crippen LogP contribution in [0.2, 0.25) is 0 Å². The summed E-state index contributed by atoms with van der Waals surface area (Å²) in [5.74, 6) is 0. The van der Waals surface area contributed by atoms with Gasteiger partial charge in [-0.2, -0.15) is 0 Å². The molecular formula is C7H15NO. The Hall–Kier alpha value is -0.0800. The van der Waals surface area contributed by atoms with E-state index in [1.165, 1.54) is 19.5 Å². The largest absolute Gasteiger partial charge is 0.363 e. The molecule has 1 heterocycles. The van der Waals surface area contributed by atoms with E-state index in [4.69, 9.17) is 4.74 Å². The Labute approximate surface area is 56.8 Å². The van der Waals surface area contributed by atoms with E-state index in [-0.39, 0.29) is 0 Å². The summed E-state index contributed by atoms with van der Waals surface area (Å²) in [5, 5.41) is 0. The maximum absolute atomic E-state index is 5.37. The number of likely N-dealkylation sites (tertiary alicyclic amines) is 1. The minimum Gasteiger partial charge on any atom is -0.363 e. The standard InChI is InChI=1S/C7H15NO/c1-7(2)9-6-8-4-3-5-8/h7H,3-6H2,1-2H3. The van der Waals surface area contributed by atoms with Crippen LogP contribution in [0.4, 0.5) is 0 Å². The van der Waals surface area contributed by atoms with Crippen molar-refractivity contribution in [3.05, 3.63) is 0 Å². The molecule has 0 radical (unpaired) electrons. The van der Waals surface area contributed by atoms with Gasteiger partial charge in [0.1, 0.15) is 0 Å². The summed E-state index contributed by atoms with van der Waals surface area (Å²) in [6.07, 6.45) is 1.73. The second-order valence-corrected chi connectivity index (χ2v) is 2.82. The Morgan fingerprint density at radius 1 is 1.44 bits per heavy atom. The molecule has 1 saturated heterocycles. The number of hydrogen-bond acceptors (Lipinski definition) is 2. The zero-order valence-electron chi connectivity index (χ0n) is 6.26. The quantitative estimate of drug-likeness (QED) is 0.565. The van der Waals surface area contributed by atoms with Gasteiger partial charge in [0, 0.05) is 13.1 Å². The third-order valence-electron chi connectivity index (χ3n) is 1.54. The van der Waals surface area contributed by atoms with Crippen molar-refractivity contribution in [1.82, 2.24) is 4.90 Å². The first-order chi connectivity index (χ1) is 4.29. The summed E-state index contributed by atoms with van der Waals surface area (Å²) in [4.78, 5) is 2.31. The van der Waals surface area contributed by atoms with Crippen LogP contribution in [0, 0.1) is 0 Å². The molecule has 0 aliphatic carbocycles. The van der Waals surface area contributed by atoms with Gasteiger partial charge in [0.05, 0.1) is 12.8 Å². The van der Waals surface area contributed by atoms with Crippen LogP contribution in [-0.2, 0) is 4.74 Å². The summed E-state index contributed by atoms with van der Waals surface area (Å²) in [5.41, 5.74) is 0. The van der Waals surface area contributed by atoms with E-state index in [1.807, 2.05) is 0 Å². The van der Waals surface area contributed by atoms with Gasteiger partial charge in [-0.3, -0.25) is 4.90 Å². The van der Waals surface area contributed by atoms with Crippen LogP contribution in [-0.4, -0.2) is 30.8 Å². The maximum Gasteiger partial charge on any atom is 0.0993 e. The van der Waals surface area contributed by atoms with E-state index in [0.29, 0.717) is 6.10 Å². The molecule has 1 aliphatic heterocycles. The number of rotatable bonds is 3. The van der Waals surface area contributed by atoms with Gasteiger partial charge in [-0.25, -0.2) is 0 Å². The smallest absolute Gasteiger partial charge is 0.0993 e. The molecule has 1 rings (SSSR count). The first-order valence-electron chi connectivity index (χ1n) is 3.63. The van der Waals surface area contributed by atoms with Crippen LogP contribution in [0.25, 0.3) is 0 Å². The first kappa shape index (κ1) is 7.03. The fraction of sp³-hybridized carbons (Fsp3) is 1.00. The Balaban J connectivity index is 1.91. The van der Waals surface area contributed by atoms with Crippen LogP contribution in [0.15, 0.2) is 0 Å². The van der Waals surface area contributed by atoms with Gasteiger partial charge < -0.3 is 4.74 Å². The van der Waals surface area contributed by atoms with Crippen LogP contribution < -0.4 is 0 Å². The number of nitrogens with zero attached hydrogens (tertiary/aromatic N) is 1. The molecular weight excluding hydrogens is 114 g/mol. The van der Waals surface area contributed by atoms with E-state index in [2.05, 4.69) is 18.7 Å². The highest BCUT2D eigenvalue weighted by Gasteiger charge is 2.12. The highest BCUT2D eigenvalue weighted by molar-refractivity contribution is 4.64. The molecule has 0 aromatic carbocycles. The van der Waals surface area contributed by atoms with Crippen LogP contribution >= 0.6 is 0 Å². The van der Waals surface area contributed by atoms with Gasteiger partial charge in [-0.05, 0) is 20.3 Å². The molecule has 54 valence electrons. The van der Waals surface area contributed by atoms with Crippen LogP contribution in [0.1, 0.15) is 20.3 Å². The fourth-order valence-electron chi connectivity index (χ4n) is 0.765. The van der Waals surface area contributed by atoms with Crippen molar-refractivity contribution < 1.29 is 4.74 Å². The van der Waals surface area contributed by atoms with E-state index in [1.54, 1.807) is 0 Å². The number of hydrogen-bond donors (Lipinski definition) is 0. The van der Waals surface area contributed by atoms with Crippen LogP contribution in [0.3, 0.4) is 0 Å². The average molecular weight is 129 g/mol. The van der Waals surface area contributed by atoms with E-state index < -0.39 is 0 Å². The van der Waals surface area contributed by atoms with Crippen molar-refractivity contribution in [2.45, 2.75) is 26.4 Å². The normalized spacial score (nSPS) is 20.3. The predicted molar refractivity (Wildman–Crippen MR) is 37.3 cm³/mol. The lowest BCUT2D eigenvalue weighted by Crippen LogP contribution is -2.39. The van der Waals surface area contributed by atoms with Gasteiger partial charge in [0.25, 0.3) is 0 Å². The van der Waals surface area contributed by atoms with Gasteiger partial charge in [0.15, 0.2) is 0 Å². The summed E-state index contributed by atoms with van der Waals surface area (Å²) in [6.45, 7) is 7.43. The molecule has 2 nitrogen and oxygen atoms in total. The maximum atomic E-state index is 5.37.